The zero-order chi connectivity index (χ0) is 67.3. The molecule has 522 valence electrons. The Hall–Kier alpha value is -2.44. The number of carbonyl (C=O) groups is 4. The van der Waals surface area contributed by atoms with Gasteiger partial charge in [0, 0.05) is 83.9 Å². The van der Waals surface area contributed by atoms with Gasteiger partial charge in [0.05, 0.1) is 64.1 Å². The Bertz CT molecular complexity index is 1980. The molecule has 0 saturated carbocycles. The first-order chi connectivity index (χ1) is 41.3. The van der Waals surface area contributed by atoms with Gasteiger partial charge >= 0.3 is 17.9 Å². The van der Waals surface area contributed by atoms with E-state index < -0.39 is 62.0 Å². The molecule has 1 atom stereocenters. The topological polar surface area (TPSA) is 236 Å². The van der Waals surface area contributed by atoms with Gasteiger partial charge in [0.25, 0.3) is 0 Å². The number of methoxy groups -OCH3 is 1. The van der Waals surface area contributed by atoms with E-state index in [-0.39, 0.29) is 68.2 Å². The van der Waals surface area contributed by atoms with E-state index in [1.807, 2.05) is 96.9 Å². The average molecular weight is 1270 g/mol. The lowest BCUT2D eigenvalue weighted by molar-refractivity contribution is -0.261. The average Bonchev–Trinajstić information content (AvgIpc) is 0.965. The minimum absolute atomic E-state index is 0.0385. The van der Waals surface area contributed by atoms with Gasteiger partial charge in [-0.2, -0.15) is 20.3 Å². The lowest BCUT2D eigenvalue weighted by Gasteiger charge is -2.51. The summed E-state index contributed by atoms with van der Waals surface area (Å²) in [4.78, 5) is 55.0. The van der Waals surface area contributed by atoms with Crippen LogP contribution in [0.3, 0.4) is 0 Å². The fraction of sp³-hybridized carbons (Fsp3) is 0.942. The van der Waals surface area contributed by atoms with Crippen LogP contribution in [0.15, 0.2) is 0 Å². The van der Waals surface area contributed by atoms with Crippen LogP contribution in [0.4, 0.5) is 0 Å². The highest BCUT2D eigenvalue weighted by Crippen LogP contribution is 2.43. The number of piperidine rings is 4. The predicted octanol–water partition coefficient (Wildman–Crippen LogP) is 13.4. The molecule has 20 heteroatoms. The minimum atomic E-state index is -1.51. The Labute approximate surface area is 538 Å². The van der Waals surface area contributed by atoms with Gasteiger partial charge in [0.1, 0.15) is 11.7 Å². The number of carbonyl (C=O) groups excluding carboxylic acids is 4. The van der Waals surface area contributed by atoms with Crippen LogP contribution >= 0.6 is 0 Å². The number of rotatable bonds is 37. The van der Waals surface area contributed by atoms with E-state index in [0.29, 0.717) is 129 Å². The van der Waals surface area contributed by atoms with Crippen LogP contribution in [-0.2, 0) is 57.1 Å². The van der Waals surface area contributed by atoms with Crippen molar-refractivity contribution in [1.29, 1.82) is 0 Å². The maximum absolute atomic E-state index is 14.3. The van der Waals surface area contributed by atoms with Gasteiger partial charge in [-0.05, 0) is 194 Å². The SMILES string of the molecule is CCCCC(C=O)(CCCCCCC(CCCC)(C(=O)OCCCOC1CC(C)(C)N(O)C(C)(C)C1)C(=O)OCCCOC1CC(C)(C)N(O)C(C)(C)C1)C(=O)OCCCOC1CC(C)(C)N(O)C(C)(C)C1.COCCCOC1CC(C)(C)N(O)C(C)(C)C1. The van der Waals surface area contributed by atoms with Crippen LogP contribution in [0.5, 0.6) is 0 Å². The fourth-order valence-corrected chi connectivity index (χ4v) is 14.8. The summed E-state index contributed by atoms with van der Waals surface area (Å²) in [6, 6.07) is 0. The Morgan fingerprint density at radius 3 is 0.899 bits per heavy atom. The van der Waals surface area contributed by atoms with Crippen molar-refractivity contribution in [2.45, 2.75) is 347 Å². The van der Waals surface area contributed by atoms with Crippen molar-refractivity contribution < 1.29 is 77.9 Å². The molecule has 1 unspecified atom stereocenters. The van der Waals surface area contributed by atoms with Crippen molar-refractivity contribution >= 4 is 24.2 Å². The summed E-state index contributed by atoms with van der Waals surface area (Å²) in [5.74, 6) is -1.69. The van der Waals surface area contributed by atoms with Gasteiger partial charge in [0.2, 0.25) is 0 Å². The second kappa shape index (κ2) is 35.3. The molecule has 4 aliphatic rings. The standard InChI is InChI=1S/C56H103N3O13.C13H27NO3/c1-15-17-26-55(42-60,46(61)70-33-23-30-67-43-36-49(3,4)57(64)50(5,6)37-43)27-21-19-20-22-29-56(28-18-16-2,47(62)71-34-24-31-68-44-38-51(7,8)58(65)52(9,10)39-44)48(63)72-35-25-32-69-45-40-53(11,12)59(66)54(13,14)41-45;1-12(2)9-11(17-8-6-7-16-5)10-13(3,4)14(12)15/h42-45,64-66H,15-41H2,1-14H3;11,15H,6-10H2,1-5H3. The summed E-state index contributed by atoms with van der Waals surface area (Å²) in [7, 11) is 1.70. The zero-order valence-corrected chi connectivity index (χ0v) is 59.5. The van der Waals surface area contributed by atoms with Gasteiger partial charge in [-0.15, -0.1) is 0 Å². The van der Waals surface area contributed by atoms with Crippen molar-refractivity contribution in [2.75, 3.05) is 60.0 Å². The molecule has 4 saturated heterocycles. The third-order valence-corrected chi connectivity index (χ3v) is 19.2. The molecule has 0 bridgehead atoms. The molecule has 4 aliphatic heterocycles. The predicted molar refractivity (Wildman–Crippen MR) is 344 cm³/mol. The first-order valence-corrected chi connectivity index (χ1v) is 34.2. The Balaban J connectivity index is 0.00000104. The van der Waals surface area contributed by atoms with Crippen LogP contribution in [0.25, 0.3) is 0 Å². The third-order valence-electron chi connectivity index (χ3n) is 19.2. The molecule has 20 nitrogen and oxygen atoms in total. The number of nitrogens with zero attached hydrogens (tertiary/aromatic N) is 4. The van der Waals surface area contributed by atoms with E-state index in [2.05, 4.69) is 27.7 Å². The highest BCUT2D eigenvalue weighted by molar-refractivity contribution is 6.00. The van der Waals surface area contributed by atoms with E-state index in [9.17, 15) is 40.0 Å². The molecular weight excluding hydrogens is 1140 g/mol. The quantitative estimate of drug-likeness (QED) is 0.0149. The van der Waals surface area contributed by atoms with Gasteiger partial charge in [-0.3, -0.25) is 14.4 Å². The van der Waals surface area contributed by atoms with Gasteiger partial charge < -0.3 is 63.5 Å². The van der Waals surface area contributed by atoms with E-state index in [0.717, 1.165) is 51.6 Å². The van der Waals surface area contributed by atoms with Crippen LogP contribution < -0.4 is 0 Å². The fourth-order valence-electron chi connectivity index (χ4n) is 14.8. The summed E-state index contributed by atoms with van der Waals surface area (Å²) in [5.41, 5.74) is -5.91. The Morgan fingerprint density at radius 1 is 0.371 bits per heavy atom. The number of hydrogen-bond acceptors (Lipinski definition) is 20. The number of ether oxygens (including phenoxy) is 8. The van der Waals surface area contributed by atoms with Crippen LogP contribution in [0.2, 0.25) is 0 Å². The number of hydrogen-bond donors (Lipinski definition) is 4. The molecule has 0 radical (unpaired) electrons. The summed E-state index contributed by atoms with van der Waals surface area (Å²) in [6.45, 7) is 39.1. The number of hydroxylamine groups is 8. The van der Waals surface area contributed by atoms with Crippen molar-refractivity contribution in [3.8, 4) is 0 Å². The number of esters is 3. The Morgan fingerprint density at radius 2 is 0.618 bits per heavy atom. The lowest BCUT2D eigenvalue weighted by atomic mass is 9.77. The molecular formula is C69H130N4O16. The summed E-state index contributed by atoms with van der Waals surface area (Å²) in [5, 5.41) is 48.0. The lowest BCUT2D eigenvalue weighted by Crippen LogP contribution is -2.60. The third kappa shape index (κ3) is 24.1. The van der Waals surface area contributed by atoms with E-state index in [4.69, 9.17) is 37.9 Å². The van der Waals surface area contributed by atoms with Gasteiger partial charge in [-0.25, -0.2) is 0 Å². The van der Waals surface area contributed by atoms with Crippen molar-refractivity contribution in [3.05, 3.63) is 0 Å². The molecule has 0 spiro atoms. The number of unbranched alkanes of at least 4 members (excludes halogenated alkanes) is 5. The Kier molecular flexibility index (Phi) is 32.1. The molecule has 89 heavy (non-hydrogen) atoms. The second-order valence-corrected chi connectivity index (χ2v) is 31.6. The van der Waals surface area contributed by atoms with Crippen LogP contribution in [0, 0.1) is 10.8 Å². The summed E-state index contributed by atoms with van der Waals surface area (Å²) < 4.78 is 47.2. The van der Waals surface area contributed by atoms with Gasteiger partial charge in [0.15, 0.2) is 5.41 Å². The van der Waals surface area contributed by atoms with E-state index in [1.165, 1.54) is 20.3 Å². The largest absolute Gasteiger partial charge is 0.465 e. The first kappa shape index (κ1) is 80.8. The molecule has 4 N–H and O–H groups in total. The van der Waals surface area contributed by atoms with Crippen molar-refractivity contribution in [2.24, 2.45) is 10.8 Å². The molecule has 0 amide bonds. The maximum atomic E-state index is 14.3. The number of aldehydes is 1. The molecule has 4 fully saturated rings. The molecule has 0 aromatic rings. The second-order valence-electron chi connectivity index (χ2n) is 31.6. The van der Waals surface area contributed by atoms with Crippen molar-refractivity contribution in [3.63, 3.8) is 0 Å². The van der Waals surface area contributed by atoms with E-state index in [1.54, 1.807) is 7.11 Å². The summed E-state index contributed by atoms with van der Waals surface area (Å²) >= 11 is 0. The smallest absolute Gasteiger partial charge is 0.323 e. The maximum Gasteiger partial charge on any atom is 0.323 e. The highest BCUT2D eigenvalue weighted by atomic mass is 16.6. The zero-order valence-electron chi connectivity index (χ0n) is 59.5. The molecule has 4 heterocycles. The molecule has 0 aromatic carbocycles. The molecule has 0 aromatic heterocycles. The monoisotopic (exact) mass is 1270 g/mol. The first-order valence-electron chi connectivity index (χ1n) is 34.2. The van der Waals surface area contributed by atoms with Crippen molar-refractivity contribution in [1.82, 2.24) is 20.3 Å². The molecule has 0 aliphatic carbocycles. The molecule has 4 rings (SSSR count). The van der Waals surface area contributed by atoms with Gasteiger partial charge in [-0.1, -0.05) is 65.2 Å². The normalized spacial score (nSPS) is 23.0. The van der Waals surface area contributed by atoms with Crippen LogP contribution in [-0.4, -0.2) is 194 Å². The van der Waals surface area contributed by atoms with E-state index >= 15 is 0 Å². The highest BCUT2D eigenvalue weighted by Gasteiger charge is 2.51. The van der Waals surface area contributed by atoms with Crippen LogP contribution in [0.1, 0.15) is 279 Å². The summed E-state index contributed by atoms with van der Waals surface area (Å²) in [6.07, 6.45) is 15.4. The minimum Gasteiger partial charge on any atom is -0.465 e.